The van der Waals surface area contributed by atoms with E-state index >= 15 is 0 Å². The van der Waals surface area contributed by atoms with Gasteiger partial charge >= 0.3 is 22.8 Å². The molecule has 3 aromatic rings. The summed E-state index contributed by atoms with van der Waals surface area (Å²) < 4.78 is 8.66. The minimum absolute atomic E-state index is 0.237. The molecule has 2 aliphatic carbocycles. The van der Waals surface area contributed by atoms with Gasteiger partial charge in [-0.1, -0.05) is 0 Å². The number of pyridine rings is 1. The summed E-state index contributed by atoms with van der Waals surface area (Å²) in [6.07, 6.45) is -2.07. The summed E-state index contributed by atoms with van der Waals surface area (Å²) in [4.78, 5) is 66.3. The van der Waals surface area contributed by atoms with Crippen molar-refractivity contribution in [3.63, 3.8) is 0 Å². The average Bonchev–Trinajstić information content (AvgIpc) is 3.55. The molecule has 0 amide bonds. The summed E-state index contributed by atoms with van der Waals surface area (Å²) in [6, 6.07) is -3.72. The monoisotopic (exact) mass is 651 g/mol. The summed E-state index contributed by atoms with van der Waals surface area (Å²) in [5, 5.41) is 106. The van der Waals surface area contributed by atoms with E-state index in [-0.39, 0.29) is 6.07 Å². The van der Waals surface area contributed by atoms with Gasteiger partial charge < -0.3 is 21.0 Å². The largest absolute Gasteiger partial charge is 0.359 e. The number of nitro groups is 6. The van der Waals surface area contributed by atoms with E-state index in [1.165, 1.54) is 0 Å². The summed E-state index contributed by atoms with van der Waals surface area (Å²) in [5.41, 5.74) is -10.1. The van der Waals surface area contributed by atoms with Gasteiger partial charge in [0.2, 0.25) is 11.6 Å². The summed E-state index contributed by atoms with van der Waals surface area (Å²) in [5.74, 6) is -2.22. The molecular formula is C17H9N13O16. The molecular weight excluding hydrogens is 642 g/mol. The Morgan fingerprint density at radius 1 is 0.652 bits per heavy atom. The maximum atomic E-state index is 12.3. The number of nitrogens with zero attached hydrogens (tertiary/aromatic N) is 11. The van der Waals surface area contributed by atoms with Crippen LogP contribution in [0.15, 0.2) is 26.7 Å². The molecule has 0 fully saturated rings. The number of nitrogens with one attached hydrogen (secondary N) is 2. The minimum Gasteiger partial charge on any atom is -0.359 e. The third-order valence-electron chi connectivity index (χ3n) is 6.54. The molecule has 0 saturated carbocycles. The molecule has 29 nitrogen and oxygen atoms in total. The van der Waals surface area contributed by atoms with Crippen molar-refractivity contribution >= 4 is 34.4 Å². The Labute approximate surface area is 246 Å². The van der Waals surface area contributed by atoms with Crippen LogP contribution in [0.1, 0.15) is 47.7 Å². The van der Waals surface area contributed by atoms with Crippen LogP contribution in [0.5, 0.6) is 0 Å². The highest BCUT2D eigenvalue weighted by atomic mass is 16.8. The van der Waals surface area contributed by atoms with Gasteiger partial charge in [0, 0.05) is 20.2 Å². The van der Waals surface area contributed by atoms with E-state index in [9.17, 15) is 71.1 Å². The Hall–Kier alpha value is -7.49. The first kappa shape index (κ1) is 30.0. The molecule has 0 spiro atoms. The van der Waals surface area contributed by atoms with Crippen molar-refractivity contribution in [1.29, 1.82) is 0 Å². The predicted molar refractivity (Wildman–Crippen MR) is 132 cm³/mol. The van der Waals surface area contributed by atoms with E-state index in [1.807, 2.05) is 0 Å². The molecule has 238 valence electrons. The molecule has 3 aromatic heterocycles. The molecule has 0 aliphatic heterocycles. The standard InChI is InChI=1S/C17H9N13O16/c31-23(32)4-1-6(25(35)36)12-14(29(43)45-21-12)10(4)18-16-8(27(39)40)3-9(28(41)42)17(20-16)19-11-5(24(33)34)2-7(26(37)38)13-15(11)30(44)46-22-13/h3,6-7H,1-2H2,(H2,18,19,20). The highest BCUT2D eigenvalue weighted by Crippen LogP contribution is 2.42. The number of anilines is 2. The molecule has 2 atom stereocenters. The van der Waals surface area contributed by atoms with Crippen LogP contribution in [0.2, 0.25) is 0 Å². The third-order valence-corrected chi connectivity index (χ3v) is 6.54. The van der Waals surface area contributed by atoms with Crippen LogP contribution in [-0.4, -0.2) is 44.8 Å². The predicted octanol–water partition coefficient (Wildman–Crippen LogP) is -0.301. The van der Waals surface area contributed by atoms with Crippen LogP contribution >= 0.6 is 0 Å². The van der Waals surface area contributed by atoms with Gasteiger partial charge in [-0.05, 0) is 9.81 Å². The first-order chi connectivity index (χ1) is 21.6. The number of rotatable bonds is 10. The van der Waals surface area contributed by atoms with Gasteiger partial charge in [-0.25, -0.2) is 0 Å². The zero-order valence-corrected chi connectivity index (χ0v) is 21.6. The molecule has 29 heteroatoms. The zero-order chi connectivity index (χ0) is 33.8. The van der Waals surface area contributed by atoms with Crippen LogP contribution in [0.3, 0.4) is 0 Å². The van der Waals surface area contributed by atoms with E-state index in [4.69, 9.17) is 0 Å². The molecule has 3 heterocycles. The van der Waals surface area contributed by atoms with E-state index < -0.39 is 133 Å². The lowest BCUT2D eigenvalue weighted by Crippen LogP contribution is -2.34. The van der Waals surface area contributed by atoms with Gasteiger partial charge in [0.15, 0.2) is 11.4 Å². The topological polar surface area (TPSA) is 402 Å². The van der Waals surface area contributed by atoms with Crippen molar-refractivity contribution in [2.75, 3.05) is 10.6 Å². The molecule has 0 bridgehead atoms. The van der Waals surface area contributed by atoms with E-state index in [0.717, 1.165) is 0 Å². The first-order valence-electron chi connectivity index (χ1n) is 11.7. The van der Waals surface area contributed by atoms with Gasteiger partial charge in [-0.15, -0.1) is 0 Å². The van der Waals surface area contributed by atoms with Gasteiger partial charge in [0.25, 0.3) is 34.9 Å². The van der Waals surface area contributed by atoms with Gasteiger partial charge in [0.1, 0.15) is 18.9 Å². The van der Waals surface area contributed by atoms with Crippen molar-refractivity contribution in [1.82, 2.24) is 15.3 Å². The van der Waals surface area contributed by atoms with Crippen molar-refractivity contribution in [2.24, 2.45) is 0 Å². The smallest absolute Gasteiger partial charge is 0.318 e. The van der Waals surface area contributed by atoms with E-state index in [2.05, 4.69) is 35.2 Å². The van der Waals surface area contributed by atoms with E-state index in [0.29, 0.717) is 0 Å². The summed E-state index contributed by atoms with van der Waals surface area (Å²) >= 11 is 0. The molecule has 46 heavy (non-hydrogen) atoms. The lowest BCUT2D eigenvalue weighted by molar-refractivity contribution is -0.804. The molecule has 2 unspecified atom stereocenters. The summed E-state index contributed by atoms with van der Waals surface area (Å²) in [6.45, 7) is 0. The second-order valence-corrected chi connectivity index (χ2v) is 8.98. The van der Waals surface area contributed by atoms with Crippen LogP contribution < -0.4 is 20.4 Å². The molecule has 2 aliphatic rings. The lowest BCUT2D eigenvalue weighted by Gasteiger charge is -2.17. The van der Waals surface area contributed by atoms with Crippen molar-refractivity contribution < 1.29 is 48.6 Å². The van der Waals surface area contributed by atoms with Gasteiger partial charge in [-0.3, -0.25) is 69.9 Å². The number of hydrogen-bond acceptors (Lipinski definition) is 21. The first-order valence-corrected chi connectivity index (χ1v) is 11.7. The van der Waals surface area contributed by atoms with Crippen LogP contribution in [0.25, 0.3) is 11.4 Å². The van der Waals surface area contributed by atoms with Crippen molar-refractivity contribution in [3.8, 4) is 0 Å². The number of hydrogen-bond donors (Lipinski definition) is 2. The third kappa shape index (κ3) is 4.74. The maximum Gasteiger partial charge on any atom is 0.318 e. The Balaban J connectivity index is 1.72. The Kier molecular flexibility index (Phi) is 6.94. The minimum atomic E-state index is -1.98. The zero-order valence-electron chi connectivity index (χ0n) is 21.6. The quantitative estimate of drug-likeness (QED) is 0.161. The Bertz CT molecular complexity index is 1840. The second kappa shape index (κ2) is 10.7. The summed E-state index contributed by atoms with van der Waals surface area (Å²) in [7, 11) is 0. The van der Waals surface area contributed by atoms with Gasteiger partial charge in [-0.2, -0.15) is 4.98 Å². The molecule has 2 N–H and O–H groups in total. The average molecular weight is 651 g/mol. The second-order valence-electron chi connectivity index (χ2n) is 8.98. The molecule has 0 aromatic carbocycles. The van der Waals surface area contributed by atoms with Crippen LogP contribution in [0.4, 0.5) is 23.0 Å². The Morgan fingerprint density at radius 2 is 1.02 bits per heavy atom. The fraction of sp³-hybridized carbons (Fsp3) is 0.235. The van der Waals surface area contributed by atoms with Crippen molar-refractivity contribution in [3.05, 3.63) is 111 Å². The number of fused-ring (bicyclic) bond motifs is 2. The highest BCUT2D eigenvalue weighted by molar-refractivity contribution is 5.85. The molecule has 0 saturated heterocycles. The van der Waals surface area contributed by atoms with Crippen LogP contribution in [0, 0.1) is 71.1 Å². The Morgan fingerprint density at radius 3 is 1.33 bits per heavy atom. The molecule has 0 radical (unpaired) electrons. The van der Waals surface area contributed by atoms with Crippen molar-refractivity contribution in [2.45, 2.75) is 24.9 Å². The SMILES string of the molecule is O=[N+]([O-])C1=C(Nc2nc(NC3=C([N+](=O)[O-])CC([N+](=O)[O-])c4no[n+]([O-])c43)c([N+](=O)[O-])cc2[N+](=O)[O-])c2c(no[n+]2[O-])C([N+](=O)[O-])C1. The van der Waals surface area contributed by atoms with Gasteiger partial charge in [0.05, 0.1) is 19.7 Å². The van der Waals surface area contributed by atoms with E-state index in [1.54, 1.807) is 0 Å². The highest BCUT2D eigenvalue weighted by Gasteiger charge is 2.51. The number of aromatic nitrogens is 5. The van der Waals surface area contributed by atoms with Crippen LogP contribution in [-0.2, 0) is 0 Å². The fourth-order valence-corrected chi connectivity index (χ4v) is 4.57. The normalized spacial score (nSPS) is 17.1. The fourth-order valence-electron chi connectivity index (χ4n) is 4.57. The maximum absolute atomic E-state index is 12.3. The lowest BCUT2D eigenvalue weighted by atomic mass is 9.97. The molecule has 5 rings (SSSR count).